The molecule has 0 aromatic heterocycles. The van der Waals surface area contributed by atoms with E-state index in [-0.39, 0.29) is 6.61 Å². The molecule has 0 heterocycles. The molecule has 4 N–H and O–H groups in total. The van der Waals surface area contributed by atoms with Crippen LogP contribution in [0.25, 0.3) is 0 Å². The number of carbonyl (C=O) groups excluding carboxylic acids is 1. The number of urea groups is 1. The minimum absolute atomic E-state index is 0.207. The average molecular weight is 468 g/mol. The van der Waals surface area contributed by atoms with Gasteiger partial charge in [0.25, 0.3) is 0 Å². The van der Waals surface area contributed by atoms with Gasteiger partial charge in [0.2, 0.25) is 0 Å². The summed E-state index contributed by atoms with van der Waals surface area (Å²) in [6.07, 6.45) is 0. The van der Waals surface area contributed by atoms with Gasteiger partial charge in [0, 0.05) is 28.8 Å². The first-order valence-corrected chi connectivity index (χ1v) is 10.5. The molecular formula is C24H26ClN5O3. The predicted octanol–water partition coefficient (Wildman–Crippen LogP) is 4.23. The highest BCUT2D eigenvalue weighted by atomic mass is 35.5. The third-order valence-electron chi connectivity index (χ3n) is 4.87. The first-order valence-electron chi connectivity index (χ1n) is 10.1. The van der Waals surface area contributed by atoms with Crippen LogP contribution in [0.5, 0.6) is 5.75 Å². The molecule has 0 saturated carbocycles. The molecule has 0 aliphatic carbocycles. The number of amides is 2. The summed E-state index contributed by atoms with van der Waals surface area (Å²) >= 11 is 6.15. The Morgan fingerprint density at radius 1 is 1.03 bits per heavy atom. The van der Waals surface area contributed by atoms with E-state index in [0.717, 1.165) is 32.3 Å². The second-order valence-electron chi connectivity index (χ2n) is 7.29. The number of aryl methyl sites for hydroxylation is 1. The quantitative estimate of drug-likeness (QED) is 0.234. The Morgan fingerprint density at radius 3 is 2.42 bits per heavy atom. The summed E-state index contributed by atoms with van der Waals surface area (Å²) in [6, 6.07) is 19.8. The van der Waals surface area contributed by atoms with Gasteiger partial charge in [-0.1, -0.05) is 47.1 Å². The zero-order chi connectivity index (χ0) is 24.0. The number of carbonyl (C=O) groups is 1. The SMILES string of the molecule is CON=C(c1cccc(Cl)c1)c1ccc(OCc2ccccc2N(N)C(=O)N(C)N)c(C)c1. The summed E-state index contributed by atoms with van der Waals surface area (Å²) in [5.74, 6) is 12.2. The van der Waals surface area contributed by atoms with Gasteiger partial charge < -0.3 is 9.57 Å². The molecule has 0 radical (unpaired) electrons. The number of hydrogen-bond donors (Lipinski definition) is 2. The van der Waals surface area contributed by atoms with E-state index in [4.69, 9.17) is 32.9 Å². The first-order chi connectivity index (χ1) is 15.8. The topological polar surface area (TPSA) is 106 Å². The maximum Gasteiger partial charge on any atom is 0.352 e. The molecule has 0 unspecified atom stereocenters. The van der Waals surface area contributed by atoms with Crippen LogP contribution in [-0.4, -0.2) is 30.9 Å². The Bertz CT molecular complexity index is 1170. The van der Waals surface area contributed by atoms with Gasteiger partial charge in [0.05, 0.1) is 5.69 Å². The fourth-order valence-electron chi connectivity index (χ4n) is 3.25. The summed E-state index contributed by atoms with van der Waals surface area (Å²) in [5, 5.41) is 6.70. The van der Waals surface area contributed by atoms with E-state index < -0.39 is 6.03 Å². The van der Waals surface area contributed by atoms with Crippen LogP contribution in [0.15, 0.2) is 71.9 Å². The van der Waals surface area contributed by atoms with Crippen molar-refractivity contribution in [3.8, 4) is 5.75 Å². The molecule has 2 amide bonds. The largest absolute Gasteiger partial charge is 0.489 e. The Hall–Kier alpha value is -3.59. The van der Waals surface area contributed by atoms with Crippen LogP contribution < -0.4 is 21.4 Å². The molecule has 3 rings (SSSR count). The summed E-state index contributed by atoms with van der Waals surface area (Å²) in [6.45, 7) is 2.15. The van der Waals surface area contributed by atoms with Gasteiger partial charge in [-0.15, -0.1) is 0 Å². The molecular weight excluding hydrogens is 442 g/mol. The normalized spacial score (nSPS) is 11.2. The third-order valence-corrected chi connectivity index (χ3v) is 5.11. The van der Waals surface area contributed by atoms with E-state index in [1.165, 1.54) is 14.2 Å². The molecule has 0 spiro atoms. The van der Waals surface area contributed by atoms with Gasteiger partial charge in [0.1, 0.15) is 25.2 Å². The van der Waals surface area contributed by atoms with Crippen molar-refractivity contribution in [2.75, 3.05) is 19.2 Å². The van der Waals surface area contributed by atoms with E-state index >= 15 is 0 Å². The number of anilines is 1. The molecule has 0 saturated heterocycles. The fraction of sp³-hybridized carbons (Fsp3) is 0.167. The van der Waals surface area contributed by atoms with Crippen LogP contribution in [0.3, 0.4) is 0 Å². The Balaban J connectivity index is 1.82. The van der Waals surface area contributed by atoms with E-state index in [1.807, 2.05) is 55.5 Å². The summed E-state index contributed by atoms with van der Waals surface area (Å²) in [7, 11) is 2.93. The monoisotopic (exact) mass is 467 g/mol. The van der Waals surface area contributed by atoms with Crippen LogP contribution in [-0.2, 0) is 11.4 Å². The van der Waals surface area contributed by atoms with E-state index in [0.29, 0.717) is 22.2 Å². The zero-order valence-electron chi connectivity index (χ0n) is 18.7. The molecule has 9 heteroatoms. The highest BCUT2D eigenvalue weighted by Crippen LogP contribution is 2.26. The number of rotatable bonds is 7. The lowest BCUT2D eigenvalue weighted by molar-refractivity contribution is 0.214. The van der Waals surface area contributed by atoms with Crippen molar-refractivity contribution in [3.05, 3.63) is 94.0 Å². The van der Waals surface area contributed by atoms with Crippen molar-refractivity contribution in [3.63, 3.8) is 0 Å². The molecule has 3 aromatic carbocycles. The van der Waals surface area contributed by atoms with Gasteiger partial charge in [0.15, 0.2) is 0 Å². The number of hydrogen-bond acceptors (Lipinski definition) is 6. The molecule has 0 aliphatic rings. The molecule has 0 fully saturated rings. The van der Waals surface area contributed by atoms with Crippen LogP contribution in [0.4, 0.5) is 10.5 Å². The predicted molar refractivity (Wildman–Crippen MR) is 130 cm³/mol. The summed E-state index contributed by atoms with van der Waals surface area (Å²) in [4.78, 5) is 17.2. The van der Waals surface area contributed by atoms with Gasteiger partial charge in [-0.05, 0) is 48.9 Å². The molecule has 8 nitrogen and oxygen atoms in total. The minimum Gasteiger partial charge on any atom is -0.489 e. The maximum absolute atomic E-state index is 12.1. The molecule has 3 aromatic rings. The maximum atomic E-state index is 12.1. The molecule has 0 atom stereocenters. The Kier molecular flexibility index (Phi) is 7.89. The van der Waals surface area contributed by atoms with E-state index in [1.54, 1.807) is 18.2 Å². The number of nitrogens with zero attached hydrogens (tertiary/aromatic N) is 3. The highest BCUT2D eigenvalue weighted by molar-refractivity contribution is 6.31. The van der Waals surface area contributed by atoms with Gasteiger partial charge >= 0.3 is 6.03 Å². The van der Waals surface area contributed by atoms with Gasteiger partial charge in [-0.3, -0.25) is 5.01 Å². The van der Waals surface area contributed by atoms with Crippen LogP contribution >= 0.6 is 11.6 Å². The van der Waals surface area contributed by atoms with Crippen molar-refractivity contribution >= 4 is 29.0 Å². The fourth-order valence-corrected chi connectivity index (χ4v) is 3.44. The standard InChI is InChI=1S/C24H26ClN5O3/c1-16-13-18(23(28-32-3)17-8-6-9-20(25)14-17)11-12-22(16)33-15-19-7-4-5-10-21(19)30(27)24(31)29(2)26/h4-14H,15,26-27H2,1-3H3. The number of hydrazine groups is 2. The number of para-hydroxylation sites is 1. The lowest BCUT2D eigenvalue weighted by Crippen LogP contribution is -2.49. The summed E-state index contributed by atoms with van der Waals surface area (Å²) < 4.78 is 6.04. The second kappa shape index (κ2) is 10.8. The third kappa shape index (κ3) is 5.81. The van der Waals surface area contributed by atoms with Crippen LogP contribution in [0.1, 0.15) is 22.3 Å². The minimum atomic E-state index is -0.547. The second-order valence-corrected chi connectivity index (χ2v) is 7.73. The number of oxime groups is 1. The summed E-state index contributed by atoms with van der Waals surface area (Å²) in [5.41, 5.74) is 4.49. The zero-order valence-corrected chi connectivity index (χ0v) is 19.4. The molecule has 172 valence electrons. The molecule has 33 heavy (non-hydrogen) atoms. The highest BCUT2D eigenvalue weighted by Gasteiger charge is 2.18. The van der Waals surface area contributed by atoms with E-state index in [9.17, 15) is 4.79 Å². The lowest BCUT2D eigenvalue weighted by atomic mass is 10.0. The number of nitrogens with two attached hydrogens (primary N) is 2. The van der Waals surface area contributed by atoms with Crippen molar-refractivity contribution in [2.45, 2.75) is 13.5 Å². The van der Waals surface area contributed by atoms with Crippen molar-refractivity contribution in [1.29, 1.82) is 0 Å². The van der Waals surface area contributed by atoms with Crippen molar-refractivity contribution in [1.82, 2.24) is 5.01 Å². The smallest absolute Gasteiger partial charge is 0.352 e. The molecule has 0 aliphatic heterocycles. The molecule has 0 bridgehead atoms. The van der Waals surface area contributed by atoms with Crippen molar-refractivity contribution in [2.24, 2.45) is 16.8 Å². The number of ether oxygens (including phenoxy) is 1. The number of halogens is 1. The van der Waals surface area contributed by atoms with Crippen LogP contribution in [0, 0.1) is 6.92 Å². The van der Waals surface area contributed by atoms with Crippen molar-refractivity contribution < 1.29 is 14.4 Å². The number of benzene rings is 3. The average Bonchev–Trinajstić information content (AvgIpc) is 2.81. The Morgan fingerprint density at radius 2 is 1.76 bits per heavy atom. The Labute approximate surface area is 197 Å². The lowest BCUT2D eigenvalue weighted by Gasteiger charge is -2.23. The van der Waals surface area contributed by atoms with Gasteiger partial charge in [-0.2, -0.15) is 0 Å². The van der Waals surface area contributed by atoms with Gasteiger partial charge in [-0.25, -0.2) is 21.5 Å². The first kappa shape index (κ1) is 24.1. The van der Waals surface area contributed by atoms with E-state index in [2.05, 4.69) is 5.16 Å². The van der Waals surface area contributed by atoms with Crippen LogP contribution in [0.2, 0.25) is 5.02 Å².